The van der Waals surface area contributed by atoms with Crippen LogP contribution in [0.4, 0.5) is 0 Å². The molecule has 0 saturated heterocycles. The molecule has 6 heteroatoms. The van der Waals surface area contributed by atoms with Crippen molar-refractivity contribution in [3.05, 3.63) is 94.4 Å². The molecule has 5 nitrogen and oxygen atoms in total. The molecule has 0 spiro atoms. The Labute approximate surface area is 172 Å². The van der Waals surface area contributed by atoms with Crippen LogP contribution in [0.15, 0.2) is 77.4 Å². The van der Waals surface area contributed by atoms with Gasteiger partial charge in [0.15, 0.2) is 11.5 Å². The van der Waals surface area contributed by atoms with Crippen LogP contribution in [0.1, 0.15) is 29.9 Å². The van der Waals surface area contributed by atoms with Crippen molar-refractivity contribution < 1.29 is 4.74 Å². The quantitative estimate of drug-likeness (QED) is 0.446. The first-order chi connectivity index (χ1) is 13.7. The number of pyridine rings is 1. The summed E-state index contributed by atoms with van der Waals surface area (Å²) in [6, 6.07) is 22.3. The summed E-state index contributed by atoms with van der Waals surface area (Å²) in [6.45, 7) is 3.37. The Kier molecular flexibility index (Phi) is 5.69. The number of aromatic nitrogens is 3. The number of ether oxygens (including phenoxy) is 1. The topological polar surface area (TPSA) is 51.5 Å². The zero-order valence-corrected chi connectivity index (χ0v) is 17.1. The SMILES string of the molecule is CC(NCc1ccc(OCc2ccccc2)c(Br)c1)c1nnc2ccccn12. The number of rotatable bonds is 7. The second kappa shape index (κ2) is 8.54. The van der Waals surface area contributed by atoms with Crippen LogP contribution in [-0.4, -0.2) is 14.6 Å². The fourth-order valence-electron chi connectivity index (χ4n) is 3.02. The predicted octanol–water partition coefficient (Wildman–Crippen LogP) is 4.92. The van der Waals surface area contributed by atoms with E-state index in [1.54, 1.807) is 0 Å². The number of benzene rings is 2. The fraction of sp³-hybridized carbons (Fsp3) is 0.182. The maximum Gasteiger partial charge on any atom is 0.160 e. The van der Waals surface area contributed by atoms with E-state index >= 15 is 0 Å². The molecule has 0 aliphatic carbocycles. The van der Waals surface area contributed by atoms with Gasteiger partial charge in [0.05, 0.1) is 10.5 Å². The Bertz CT molecular complexity index is 1060. The maximum atomic E-state index is 5.92. The lowest BCUT2D eigenvalue weighted by atomic mass is 10.2. The van der Waals surface area contributed by atoms with E-state index in [4.69, 9.17) is 4.74 Å². The van der Waals surface area contributed by atoms with E-state index in [2.05, 4.69) is 62.6 Å². The Morgan fingerprint density at radius 3 is 2.64 bits per heavy atom. The second-order valence-electron chi connectivity index (χ2n) is 6.63. The number of hydrogen-bond donors (Lipinski definition) is 1. The molecule has 0 saturated carbocycles. The summed E-state index contributed by atoms with van der Waals surface area (Å²) in [5.74, 6) is 1.74. The van der Waals surface area contributed by atoms with Gasteiger partial charge in [0.2, 0.25) is 0 Å². The largest absolute Gasteiger partial charge is 0.488 e. The zero-order chi connectivity index (χ0) is 19.3. The molecule has 4 aromatic rings. The molecule has 2 heterocycles. The van der Waals surface area contributed by atoms with Gasteiger partial charge in [-0.25, -0.2) is 0 Å². The fourth-order valence-corrected chi connectivity index (χ4v) is 3.56. The number of hydrogen-bond acceptors (Lipinski definition) is 4. The minimum absolute atomic E-state index is 0.0742. The van der Waals surface area contributed by atoms with Gasteiger partial charge in [-0.3, -0.25) is 4.40 Å². The van der Waals surface area contributed by atoms with Crippen LogP contribution >= 0.6 is 15.9 Å². The van der Waals surface area contributed by atoms with Crippen molar-refractivity contribution in [2.45, 2.75) is 26.1 Å². The lowest BCUT2D eigenvalue weighted by molar-refractivity contribution is 0.304. The molecule has 0 aliphatic heterocycles. The lowest BCUT2D eigenvalue weighted by Gasteiger charge is -2.14. The highest BCUT2D eigenvalue weighted by atomic mass is 79.9. The molecule has 2 aromatic heterocycles. The van der Waals surface area contributed by atoms with Crippen molar-refractivity contribution in [2.24, 2.45) is 0 Å². The van der Waals surface area contributed by atoms with Gasteiger partial charge >= 0.3 is 0 Å². The van der Waals surface area contributed by atoms with Crippen LogP contribution in [0.5, 0.6) is 5.75 Å². The molecule has 0 bridgehead atoms. The number of fused-ring (bicyclic) bond motifs is 1. The third-order valence-electron chi connectivity index (χ3n) is 4.57. The molecule has 28 heavy (non-hydrogen) atoms. The summed E-state index contributed by atoms with van der Waals surface area (Å²) >= 11 is 3.62. The first kappa shape index (κ1) is 18.7. The van der Waals surface area contributed by atoms with Crippen LogP contribution < -0.4 is 10.1 Å². The van der Waals surface area contributed by atoms with E-state index in [9.17, 15) is 0 Å². The third kappa shape index (κ3) is 4.24. The van der Waals surface area contributed by atoms with Crippen LogP contribution in [0, 0.1) is 0 Å². The van der Waals surface area contributed by atoms with Gasteiger partial charge in [-0.2, -0.15) is 0 Å². The summed E-state index contributed by atoms with van der Waals surface area (Å²) in [5, 5.41) is 12.0. The van der Waals surface area contributed by atoms with Crippen molar-refractivity contribution in [1.82, 2.24) is 19.9 Å². The van der Waals surface area contributed by atoms with Gasteiger partial charge < -0.3 is 10.1 Å². The molecular weight excluding hydrogens is 416 g/mol. The Morgan fingerprint density at radius 2 is 1.82 bits per heavy atom. The second-order valence-corrected chi connectivity index (χ2v) is 7.48. The molecule has 4 rings (SSSR count). The van der Waals surface area contributed by atoms with Crippen molar-refractivity contribution in [2.75, 3.05) is 0 Å². The molecule has 142 valence electrons. The molecular formula is C22H21BrN4O. The van der Waals surface area contributed by atoms with E-state index in [1.165, 1.54) is 5.56 Å². The average Bonchev–Trinajstić information content (AvgIpc) is 3.16. The first-order valence-electron chi connectivity index (χ1n) is 9.19. The maximum absolute atomic E-state index is 5.92. The highest BCUT2D eigenvalue weighted by Gasteiger charge is 2.13. The summed E-state index contributed by atoms with van der Waals surface area (Å²) in [6.07, 6.45) is 1.98. The average molecular weight is 437 g/mol. The van der Waals surface area contributed by atoms with Crippen LogP contribution in [0.25, 0.3) is 5.65 Å². The molecule has 1 N–H and O–H groups in total. The van der Waals surface area contributed by atoms with Gasteiger partial charge in [-0.15, -0.1) is 10.2 Å². The standard InChI is InChI=1S/C22H21BrN4O/c1-16(22-26-25-21-9-5-6-12-27(21)22)24-14-18-10-11-20(19(23)13-18)28-15-17-7-3-2-4-8-17/h2-13,16,24H,14-15H2,1H3. The van der Waals surface area contributed by atoms with Gasteiger partial charge in [0.1, 0.15) is 12.4 Å². The van der Waals surface area contributed by atoms with Crippen LogP contribution in [-0.2, 0) is 13.2 Å². The molecule has 1 atom stereocenters. The van der Waals surface area contributed by atoms with Gasteiger partial charge in [-0.1, -0.05) is 42.5 Å². The minimum Gasteiger partial charge on any atom is -0.488 e. The summed E-state index contributed by atoms with van der Waals surface area (Å²) < 4.78 is 8.88. The number of halogens is 1. The Hall–Kier alpha value is -2.70. The predicted molar refractivity (Wildman–Crippen MR) is 113 cm³/mol. The molecule has 2 aromatic carbocycles. The van der Waals surface area contributed by atoms with Crippen molar-refractivity contribution in [3.63, 3.8) is 0 Å². The molecule has 0 amide bonds. The highest BCUT2D eigenvalue weighted by molar-refractivity contribution is 9.10. The normalized spacial score (nSPS) is 12.2. The van der Waals surface area contributed by atoms with Crippen LogP contribution in [0.2, 0.25) is 0 Å². The third-order valence-corrected chi connectivity index (χ3v) is 5.19. The molecule has 0 aliphatic rings. The number of nitrogens with zero attached hydrogens (tertiary/aromatic N) is 3. The highest BCUT2D eigenvalue weighted by Crippen LogP contribution is 2.27. The van der Waals surface area contributed by atoms with E-state index in [1.807, 2.05) is 53.1 Å². The van der Waals surface area contributed by atoms with Gasteiger partial charge in [-0.05, 0) is 58.2 Å². The first-order valence-corrected chi connectivity index (χ1v) is 9.98. The monoisotopic (exact) mass is 436 g/mol. The van der Waals surface area contributed by atoms with Gasteiger partial charge in [0, 0.05) is 12.7 Å². The van der Waals surface area contributed by atoms with E-state index in [-0.39, 0.29) is 6.04 Å². The Morgan fingerprint density at radius 1 is 1.00 bits per heavy atom. The van der Waals surface area contributed by atoms with Crippen molar-refractivity contribution in [3.8, 4) is 5.75 Å². The Balaban J connectivity index is 1.38. The van der Waals surface area contributed by atoms with Crippen molar-refractivity contribution in [1.29, 1.82) is 0 Å². The smallest absolute Gasteiger partial charge is 0.160 e. The van der Waals surface area contributed by atoms with Gasteiger partial charge in [0.25, 0.3) is 0 Å². The molecule has 0 fully saturated rings. The minimum atomic E-state index is 0.0742. The summed E-state index contributed by atoms with van der Waals surface area (Å²) in [7, 11) is 0. The van der Waals surface area contributed by atoms with E-state index < -0.39 is 0 Å². The van der Waals surface area contributed by atoms with E-state index in [0.717, 1.165) is 33.8 Å². The van der Waals surface area contributed by atoms with Crippen molar-refractivity contribution >= 4 is 21.6 Å². The van der Waals surface area contributed by atoms with E-state index in [0.29, 0.717) is 6.61 Å². The number of nitrogens with one attached hydrogen (secondary N) is 1. The molecule has 0 radical (unpaired) electrons. The van der Waals surface area contributed by atoms with Crippen LogP contribution in [0.3, 0.4) is 0 Å². The summed E-state index contributed by atoms with van der Waals surface area (Å²) in [4.78, 5) is 0. The summed E-state index contributed by atoms with van der Waals surface area (Å²) in [5.41, 5.74) is 3.17. The zero-order valence-electron chi connectivity index (χ0n) is 15.5. The lowest BCUT2D eigenvalue weighted by Crippen LogP contribution is -2.20. The molecule has 1 unspecified atom stereocenters.